The number of rotatable bonds is 7. The number of amides is 1. The SMILES string of the molecule is O=C(COC(=O)c1ccc(NC2CC2)c([N+](=O)[O-])c1)Nc1ccc2c(c1)OCO2. The Morgan fingerprint density at radius 2 is 1.93 bits per heavy atom. The van der Waals surface area contributed by atoms with E-state index in [0.717, 1.165) is 18.9 Å². The summed E-state index contributed by atoms with van der Waals surface area (Å²) in [5.74, 6) is -0.298. The number of hydrogen-bond donors (Lipinski definition) is 2. The van der Waals surface area contributed by atoms with Gasteiger partial charge in [0.25, 0.3) is 11.6 Å². The molecule has 0 unspecified atom stereocenters. The van der Waals surface area contributed by atoms with E-state index in [1.165, 1.54) is 12.1 Å². The Morgan fingerprint density at radius 1 is 1.14 bits per heavy atom. The van der Waals surface area contributed by atoms with Crippen LogP contribution in [-0.4, -0.2) is 36.2 Å². The molecule has 1 fully saturated rings. The highest BCUT2D eigenvalue weighted by molar-refractivity contribution is 5.96. The summed E-state index contributed by atoms with van der Waals surface area (Å²) >= 11 is 0. The molecule has 0 saturated heterocycles. The third kappa shape index (κ3) is 4.37. The number of carbonyl (C=O) groups is 2. The van der Waals surface area contributed by atoms with Crippen LogP contribution in [0.1, 0.15) is 23.2 Å². The summed E-state index contributed by atoms with van der Waals surface area (Å²) in [6.07, 6.45) is 1.92. The molecule has 4 rings (SSSR count). The Balaban J connectivity index is 1.35. The molecule has 0 aromatic heterocycles. The lowest BCUT2D eigenvalue weighted by Gasteiger charge is -2.09. The molecule has 2 N–H and O–H groups in total. The molecule has 0 bridgehead atoms. The van der Waals surface area contributed by atoms with Crippen molar-refractivity contribution in [3.8, 4) is 11.5 Å². The van der Waals surface area contributed by atoms with Crippen molar-refractivity contribution in [1.29, 1.82) is 0 Å². The zero-order valence-corrected chi connectivity index (χ0v) is 15.2. The number of nitrogens with one attached hydrogen (secondary N) is 2. The number of carbonyl (C=O) groups excluding carboxylic acids is 2. The van der Waals surface area contributed by atoms with E-state index in [1.54, 1.807) is 18.2 Å². The summed E-state index contributed by atoms with van der Waals surface area (Å²) in [5, 5.41) is 16.9. The molecule has 0 atom stereocenters. The predicted molar refractivity (Wildman–Crippen MR) is 101 cm³/mol. The van der Waals surface area contributed by atoms with Gasteiger partial charge in [0.1, 0.15) is 5.69 Å². The molecule has 0 radical (unpaired) electrons. The molecule has 1 heterocycles. The van der Waals surface area contributed by atoms with Crippen LogP contribution in [0, 0.1) is 10.1 Å². The standard InChI is InChI=1S/C19H17N3O7/c23-18(21-13-4-6-16-17(8-13)29-10-28-16)9-27-19(24)11-1-5-14(20-12-2-3-12)15(7-11)22(25)26/h1,4-8,12,20H,2-3,9-10H2,(H,21,23). The summed E-state index contributed by atoms with van der Waals surface area (Å²) in [6, 6.07) is 9.14. The molecule has 2 aromatic carbocycles. The fraction of sp³-hybridized carbons (Fsp3) is 0.263. The number of anilines is 2. The number of nitro groups is 1. The molecule has 1 saturated carbocycles. The van der Waals surface area contributed by atoms with Crippen LogP contribution in [0.5, 0.6) is 11.5 Å². The highest BCUT2D eigenvalue weighted by atomic mass is 16.7. The topological polar surface area (TPSA) is 129 Å². The van der Waals surface area contributed by atoms with Crippen LogP contribution in [-0.2, 0) is 9.53 Å². The van der Waals surface area contributed by atoms with E-state index in [-0.39, 0.29) is 24.1 Å². The highest BCUT2D eigenvalue weighted by Crippen LogP contribution is 2.34. The van der Waals surface area contributed by atoms with Gasteiger partial charge in [0.2, 0.25) is 6.79 Å². The van der Waals surface area contributed by atoms with Crippen LogP contribution in [0.2, 0.25) is 0 Å². The van der Waals surface area contributed by atoms with E-state index < -0.39 is 23.4 Å². The van der Waals surface area contributed by atoms with E-state index in [9.17, 15) is 19.7 Å². The fourth-order valence-corrected chi connectivity index (χ4v) is 2.77. The second-order valence-corrected chi connectivity index (χ2v) is 6.60. The van der Waals surface area contributed by atoms with Crippen molar-refractivity contribution in [2.24, 2.45) is 0 Å². The van der Waals surface area contributed by atoms with E-state index in [1.807, 2.05) is 0 Å². The number of hydrogen-bond acceptors (Lipinski definition) is 8. The Morgan fingerprint density at radius 3 is 2.69 bits per heavy atom. The maximum Gasteiger partial charge on any atom is 0.338 e. The number of ether oxygens (including phenoxy) is 3. The Kier molecular flexibility index (Phi) is 4.90. The molecule has 1 amide bonds. The molecule has 150 valence electrons. The van der Waals surface area contributed by atoms with Gasteiger partial charge >= 0.3 is 5.97 Å². The molecule has 1 aliphatic heterocycles. The van der Waals surface area contributed by atoms with Gasteiger partial charge in [-0.15, -0.1) is 0 Å². The third-order valence-corrected chi connectivity index (χ3v) is 4.36. The van der Waals surface area contributed by atoms with Gasteiger partial charge < -0.3 is 24.8 Å². The van der Waals surface area contributed by atoms with Crippen LogP contribution in [0.15, 0.2) is 36.4 Å². The molecular formula is C19H17N3O7. The van der Waals surface area contributed by atoms with Crippen molar-refractivity contribution in [1.82, 2.24) is 0 Å². The second-order valence-electron chi connectivity index (χ2n) is 6.60. The van der Waals surface area contributed by atoms with Crippen LogP contribution < -0.4 is 20.1 Å². The molecule has 2 aromatic rings. The zero-order valence-electron chi connectivity index (χ0n) is 15.2. The van der Waals surface area contributed by atoms with Crippen molar-refractivity contribution < 1.29 is 28.7 Å². The van der Waals surface area contributed by atoms with Crippen LogP contribution in [0.25, 0.3) is 0 Å². The highest BCUT2D eigenvalue weighted by Gasteiger charge is 2.26. The summed E-state index contributed by atoms with van der Waals surface area (Å²) in [5.41, 5.74) is 0.598. The van der Waals surface area contributed by atoms with Gasteiger partial charge in [0.05, 0.1) is 10.5 Å². The minimum atomic E-state index is -0.827. The average Bonchev–Trinajstić information content (AvgIpc) is 3.39. The van der Waals surface area contributed by atoms with Gasteiger partial charge in [0, 0.05) is 23.9 Å². The molecular weight excluding hydrogens is 382 g/mol. The molecule has 1 aliphatic carbocycles. The lowest BCUT2D eigenvalue weighted by atomic mass is 10.1. The number of esters is 1. The average molecular weight is 399 g/mol. The third-order valence-electron chi connectivity index (χ3n) is 4.36. The lowest BCUT2D eigenvalue weighted by Crippen LogP contribution is -2.21. The van der Waals surface area contributed by atoms with Gasteiger partial charge in [-0.25, -0.2) is 4.79 Å². The van der Waals surface area contributed by atoms with E-state index in [2.05, 4.69) is 10.6 Å². The predicted octanol–water partition coefficient (Wildman–Crippen LogP) is 2.69. The summed E-state index contributed by atoms with van der Waals surface area (Å²) in [6.45, 7) is -0.422. The minimum Gasteiger partial charge on any atom is -0.454 e. The van der Waals surface area contributed by atoms with Gasteiger partial charge in [-0.3, -0.25) is 14.9 Å². The monoisotopic (exact) mass is 399 g/mol. The van der Waals surface area contributed by atoms with Crippen molar-refractivity contribution in [2.75, 3.05) is 24.0 Å². The molecule has 2 aliphatic rings. The molecule has 0 spiro atoms. The number of nitro benzene ring substituents is 1. The summed E-state index contributed by atoms with van der Waals surface area (Å²) < 4.78 is 15.4. The van der Waals surface area contributed by atoms with Crippen LogP contribution in [0.4, 0.5) is 17.1 Å². The smallest absolute Gasteiger partial charge is 0.338 e. The van der Waals surface area contributed by atoms with Gasteiger partial charge in [-0.2, -0.15) is 0 Å². The normalized spacial score (nSPS) is 14.2. The first-order valence-electron chi connectivity index (χ1n) is 8.91. The van der Waals surface area contributed by atoms with Crippen molar-refractivity contribution in [3.05, 3.63) is 52.1 Å². The second kappa shape index (κ2) is 7.66. The van der Waals surface area contributed by atoms with Crippen molar-refractivity contribution >= 4 is 28.9 Å². The first kappa shape index (κ1) is 18.5. The van der Waals surface area contributed by atoms with Crippen molar-refractivity contribution in [2.45, 2.75) is 18.9 Å². The zero-order chi connectivity index (χ0) is 20.4. The van der Waals surface area contributed by atoms with Crippen LogP contribution in [0.3, 0.4) is 0 Å². The minimum absolute atomic E-state index is 0.00562. The van der Waals surface area contributed by atoms with E-state index >= 15 is 0 Å². The summed E-state index contributed by atoms with van der Waals surface area (Å²) in [7, 11) is 0. The van der Waals surface area contributed by atoms with E-state index in [4.69, 9.17) is 14.2 Å². The fourth-order valence-electron chi connectivity index (χ4n) is 2.77. The molecule has 29 heavy (non-hydrogen) atoms. The van der Waals surface area contributed by atoms with Crippen LogP contribution >= 0.6 is 0 Å². The number of benzene rings is 2. The Bertz CT molecular complexity index is 988. The van der Waals surface area contributed by atoms with Gasteiger partial charge in [0.15, 0.2) is 18.1 Å². The maximum absolute atomic E-state index is 12.2. The number of fused-ring (bicyclic) bond motifs is 1. The largest absolute Gasteiger partial charge is 0.454 e. The Labute approximate surface area is 164 Å². The van der Waals surface area contributed by atoms with E-state index in [0.29, 0.717) is 22.9 Å². The summed E-state index contributed by atoms with van der Waals surface area (Å²) in [4.78, 5) is 34.9. The van der Waals surface area contributed by atoms with Gasteiger partial charge in [-0.1, -0.05) is 0 Å². The number of nitrogens with zero attached hydrogens (tertiary/aromatic N) is 1. The lowest BCUT2D eigenvalue weighted by molar-refractivity contribution is -0.384. The first-order chi connectivity index (χ1) is 14.0. The maximum atomic E-state index is 12.2. The first-order valence-corrected chi connectivity index (χ1v) is 8.91. The molecule has 10 nitrogen and oxygen atoms in total. The molecule has 10 heteroatoms. The van der Waals surface area contributed by atoms with Crippen molar-refractivity contribution in [3.63, 3.8) is 0 Å². The Hall–Kier alpha value is -3.82. The quantitative estimate of drug-likeness (QED) is 0.413. The van der Waals surface area contributed by atoms with Gasteiger partial charge in [-0.05, 0) is 37.1 Å².